The molecule has 1 aliphatic rings. The van der Waals surface area contributed by atoms with Crippen molar-refractivity contribution >= 4 is 29.4 Å². The molecule has 2 rings (SSSR count). The van der Waals surface area contributed by atoms with E-state index in [1.807, 2.05) is 6.26 Å². The summed E-state index contributed by atoms with van der Waals surface area (Å²) in [6, 6.07) is 0. The van der Waals surface area contributed by atoms with Crippen LogP contribution >= 0.6 is 11.8 Å². The van der Waals surface area contributed by atoms with Gasteiger partial charge in [0, 0.05) is 32.7 Å². The number of nitrogens with two attached hydrogens (primary N) is 4. The number of nitrogens with zero attached hydrogens (tertiary/aromatic N) is 5. The van der Waals surface area contributed by atoms with Gasteiger partial charge < -0.3 is 32.7 Å². The molecule has 0 radical (unpaired) electrons. The molecule has 0 saturated carbocycles. The number of aromatic amines is 1. The van der Waals surface area contributed by atoms with Gasteiger partial charge in [-0.05, 0) is 50.9 Å². The van der Waals surface area contributed by atoms with E-state index in [1.165, 1.54) is 11.8 Å². The zero-order valence-corrected chi connectivity index (χ0v) is 19.1. The van der Waals surface area contributed by atoms with Crippen LogP contribution in [0.15, 0.2) is 26.1 Å². The number of hydrogen-bond donors (Lipinski definition) is 5. The summed E-state index contributed by atoms with van der Waals surface area (Å²) >= 11 is 1.43. The molecule has 0 amide bonds. The van der Waals surface area contributed by atoms with E-state index in [0.717, 1.165) is 58.4 Å². The molecular formula is C19H36N10OS. The molecule has 0 aromatic carbocycles. The van der Waals surface area contributed by atoms with Crippen molar-refractivity contribution in [2.75, 3.05) is 57.0 Å². The van der Waals surface area contributed by atoms with Crippen molar-refractivity contribution in [3.63, 3.8) is 0 Å². The molecule has 1 aromatic rings. The number of aliphatic imine (C=N–C) groups is 2. The van der Waals surface area contributed by atoms with Gasteiger partial charge in [0.25, 0.3) is 5.56 Å². The molecule has 2 heterocycles. The predicted molar refractivity (Wildman–Crippen MR) is 129 cm³/mol. The summed E-state index contributed by atoms with van der Waals surface area (Å²) in [5.41, 5.74) is 22.2. The number of nitrogens with one attached hydrogen (secondary N) is 1. The molecule has 0 unspecified atom stereocenters. The number of aromatic nitrogens is 2. The Labute approximate surface area is 187 Å². The lowest BCUT2D eigenvalue weighted by Crippen LogP contribution is -2.41. The molecule has 1 aromatic heterocycles. The molecule has 1 aliphatic heterocycles. The maximum absolute atomic E-state index is 12.3. The summed E-state index contributed by atoms with van der Waals surface area (Å²) in [5, 5.41) is 0.640. The van der Waals surface area contributed by atoms with E-state index in [-0.39, 0.29) is 17.5 Å². The average Bonchev–Trinajstić information content (AvgIpc) is 2.74. The number of thioether (sulfide) groups is 1. The Kier molecular flexibility index (Phi) is 10.4. The van der Waals surface area contributed by atoms with E-state index < -0.39 is 0 Å². The van der Waals surface area contributed by atoms with Crippen LogP contribution in [0.25, 0.3) is 0 Å². The average molecular weight is 453 g/mol. The fourth-order valence-electron chi connectivity index (χ4n) is 3.72. The van der Waals surface area contributed by atoms with Crippen LogP contribution < -0.4 is 33.4 Å². The molecule has 31 heavy (non-hydrogen) atoms. The number of rotatable bonds is 12. The molecule has 11 nitrogen and oxygen atoms in total. The van der Waals surface area contributed by atoms with Crippen LogP contribution in [0.2, 0.25) is 0 Å². The Morgan fingerprint density at radius 1 is 1.16 bits per heavy atom. The third kappa shape index (κ3) is 9.05. The van der Waals surface area contributed by atoms with Crippen LogP contribution in [0.1, 0.15) is 25.7 Å². The van der Waals surface area contributed by atoms with Crippen LogP contribution in [0, 0.1) is 5.92 Å². The van der Waals surface area contributed by atoms with Crippen molar-refractivity contribution in [2.45, 2.75) is 30.8 Å². The van der Waals surface area contributed by atoms with E-state index in [4.69, 9.17) is 22.9 Å². The molecule has 0 spiro atoms. The zero-order valence-electron chi connectivity index (χ0n) is 18.3. The van der Waals surface area contributed by atoms with Crippen LogP contribution in [0.3, 0.4) is 0 Å². The zero-order chi connectivity index (χ0) is 22.6. The van der Waals surface area contributed by atoms with Gasteiger partial charge in [0.05, 0.1) is 6.20 Å². The van der Waals surface area contributed by atoms with Crippen molar-refractivity contribution in [3.05, 3.63) is 16.6 Å². The lowest BCUT2D eigenvalue weighted by Gasteiger charge is -2.35. The Hall–Kier alpha value is -2.47. The van der Waals surface area contributed by atoms with Crippen molar-refractivity contribution in [1.82, 2.24) is 14.9 Å². The lowest BCUT2D eigenvalue weighted by atomic mass is 9.95. The second kappa shape index (κ2) is 13.1. The molecule has 0 bridgehead atoms. The minimum Gasteiger partial charge on any atom is -0.370 e. The predicted octanol–water partition coefficient (Wildman–Crippen LogP) is -0.663. The second-order valence-electron chi connectivity index (χ2n) is 7.66. The minimum absolute atomic E-state index is 0.0705. The Morgan fingerprint density at radius 2 is 1.74 bits per heavy atom. The highest BCUT2D eigenvalue weighted by Crippen LogP contribution is 2.22. The molecule has 9 N–H and O–H groups in total. The molecule has 174 valence electrons. The largest absolute Gasteiger partial charge is 0.370 e. The standard InChI is InChI=1S/C19H36N10OS/c1-31-19-26-12-15(16(30)27-19)29-10-4-14(5-11-29)13-28(8-2-6-24-17(20)21)9-3-7-25-18(22)23/h12,14H,2-11,13H2,1H3,(H4,20,21,24)(H4,22,23,25)(H,26,27,30). The molecule has 1 fully saturated rings. The highest BCUT2D eigenvalue weighted by atomic mass is 32.2. The van der Waals surface area contributed by atoms with Crippen LogP contribution in [-0.2, 0) is 0 Å². The number of guanidine groups is 2. The fraction of sp³-hybridized carbons (Fsp3) is 0.684. The summed E-state index contributed by atoms with van der Waals surface area (Å²) < 4.78 is 0. The first-order valence-electron chi connectivity index (χ1n) is 10.6. The maximum atomic E-state index is 12.3. The fourth-order valence-corrected chi connectivity index (χ4v) is 4.07. The van der Waals surface area contributed by atoms with Gasteiger partial charge in [0.15, 0.2) is 17.1 Å². The van der Waals surface area contributed by atoms with Gasteiger partial charge in [-0.2, -0.15) is 0 Å². The van der Waals surface area contributed by atoms with E-state index >= 15 is 0 Å². The number of piperidine rings is 1. The van der Waals surface area contributed by atoms with E-state index in [0.29, 0.717) is 29.9 Å². The molecular weight excluding hydrogens is 416 g/mol. The summed E-state index contributed by atoms with van der Waals surface area (Å²) in [5.74, 6) is 0.823. The Balaban J connectivity index is 1.86. The van der Waals surface area contributed by atoms with Crippen molar-refractivity contribution in [2.24, 2.45) is 38.8 Å². The highest BCUT2D eigenvalue weighted by molar-refractivity contribution is 7.98. The minimum atomic E-state index is -0.0705. The van der Waals surface area contributed by atoms with Crippen molar-refractivity contribution in [1.29, 1.82) is 0 Å². The first kappa shape index (κ1) is 24.8. The summed E-state index contributed by atoms with van der Waals surface area (Å²) in [7, 11) is 0. The second-order valence-corrected chi connectivity index (χ2v) is 8.45. The number of anilines is 1. The van der Waals surface area contributed by atoms with Gasteiger partial charge in [-0.25, -0.2) is 4.98 Å². The van der Waals surface area contributed by atoms with Crippen LogP contribution in [0.4, 0.5) is 5.69 Å². The normalized spacial score (nSPS) is 14.6. The van der Waals surface area contributed by atoms with Crippen LogP contribution in [0.5, 0.6) is 0 Å². The molecule has 12 heteroatoms. The number of H-pyrrole nitrogens is 1. The molecule has 0 aliphatic carbocycles. The first-order valence-corrected chi connectivity index (χ1v) is 11.8. The lowest BCUT2D eigenvalue weighted by molar-refractivity contribution is 0.209. The van der Waals surface area contributed by atoms with Crippen molar-refractivity contribution in [3.8, 4) is 0 Å². The maximum Gasteiger partial charge on any atom is 0.275 e. The third-order valence-corrected chi connectivity index (χ3v) is 5.87. The molecule has 0 atom stereocenters. The summed E-state index contributed by atoms with van der Waals surface area (Å²) in [4.78, 5) is 32.2. The van der Waals surface area contributed by atoms with Gasteiger partial charge >= 0.3 is 0 Å². The first-order chi connectivity index (χ1) is 14.9. The molecule has 1 saturated heterocycles. The van der Waals surface area contributed by atoms with Gasteiger partial charge in [-0.15, -0.1) is 0 Å². The third-order valence-electron chi connectivity index (χ3n) is 5.28. The van der Waals surface area contributed by atoms with Crippen LogP contribution in [-0.4, -0.2) is 78.9 Å². The van der Waals surface area contributed by atoms with E-state index in [9.17, 15) is 4.79 Å². The monoisotopic (exact) mass is 452 g/mol. The topological polar surface area (TPSA) is 181 Å². The Morgan fingerprint density at radius 3 is 2.23 bits per heavy atom. The number of hydrogen-bond acceptors (Lipinski definition) is 7. The summed E-state index contributed by atoms with van der Waals surface area (Å²) in [6.45, 7) is 5.77. The highest BCUT2D eigenvalue weighted by Gasteiger charge is 2.23. The smallest absolute Gasteiger partial charge is 0.275 e. The quantitative estimate of drug-likeness (QED) is 0.0903. The SMILES string of the molecule is CSc1ncc(N2CCC(CN(CCCN=C(N)N)CCCN=C(N)N)CC2)c(=O)[nH]1. The van der Waals surface area contributed by atoms with Gasteiger partial charge in [-0.1, -0.05) is 11.8 Å². The van der Waals surface area contributed by atoms with Gasteiger partial charge in [0.2, 0.25) is 0 Å². The van der Waals surface area contributed by atoms with E-state index in [2.05, 4.69) is 29.8 Å². The summed E-state index contributed by atoms with van der Waals surface area (Å²) in [6.07, 6.45) is 7.42. The van der Waals surface area contributed by atoms with Crippen molar-refractivity contribution < 1.29 is 0 Å². The van der Waals surface area contributed by atoms with Gasteiger partial charge in [0.1, 0.15) is 5.69 Å². The van der Waals surface area contributed by atoms with E-state index in [1.54, 1.807) is 6.20 Å². The van der Waals surface area contributed by atoms with Gasteiger partial charge in [-0.3, -0.25) is 19.8 Å². The Bertz CT molecular complexity index is 756.